The van der Waals surface area contributed by atoms with E-state index in [1.54, 1.807) is 6.20 Å². The number of nitrogens with zero attached hydrogens (tertiary/aromatic N) is 3. The van der Waals surface area contributed by atoms with E-state index in [1.807, 2.05) is 6.92 Å². The van der Waals surface area contributed by atoms with E-state index in [1.165, 1.54) is 205 Å². The van der Waals surface area contributed by atoms with Gasteiger partial charge in [0.05, 0.1) is 13.2 Å². The molecule has 0 rings (SSSR count). The van der Waals surface area contributed by atoms with Crippen molar-refractivity contribution in [2.75, 3.05) is 46.4 Å². The van der Waals surface area contributed by atoms with Crippen LogP contribution in [-0.2, 0) is 19.1 Å². The molecule has 7 nitrogen and oxygen atoms in total. The molecule has 0 saturated heterocycles. The minimum atomic E-state index is -0.0547. The van der Waals surface area contributed by atoms with Crippen LogP contribution >= 0.6 is 0 Å². The third-order valence-electron chi connectivity index (χ3n) is 13.3. The summed E-state index contributed by atoms with van der Waals surface area (Å²) in [6.45, 7) is 19.5. The maximum atomic E-state index is 13.1. The first-order chi connectivity index (χ1) is 30.8. The van der Waals surface area contributed by atoms with Gasteiger partial charge in [0.2, 0.25) is 0 Å². The Balaban J connectivity index is 5.07. The number of hydrogen-bond acceptors (Lipinski definition) is 6. The molecule has 0 fully saturated rings. The molecule has 0 saturated carbocycles. The molecule has 2 unspecified atom stereocenters. The summed E-state index contributed by atoms with van der Waals surface area (Å²) < 4.78 is 12.0. The summed E-state index contributed by atoms with van der Waals surface area (Å²) in [5.41, 5.74) is 0. The second-order valence-corrected chi connectivity index (χ2v) is 19.4. The Labute approximate surface area is 393 Å². The molecule has 0 spiro atoms. The average Bonchev–Trinajstić information content (AvgIpc) is 3.27. The largest absolute Gasteiger partial charge is 0.465 e. The fourth-order valence-corrected chi connectivity index (χ4v) is 8.90. The number of hydrogen-bond donors (Lipinski definition) is 0. The lowest BCUT2D eigenvalue weighted by molar-refractivity contribution is -0.146. The maximum absolute atomic E-state index is 13.1. The second-order valence-electron chi connectivity index (χ2n) is 19.4. The molecule has 372 valence electrons. The highest BCUT2D eigenvalue weighted by Gasteiger charge is 2.16. The van der Waals surface area contributed by atoms with Crippen LogP contribution in [-0.4, -0.2) is 74.0 Å². The van der Waals surface area contributed by atoms with E-state index in [9.17, 15) is 9.59 Å². The molecule has 0 amide bonds. The molecule has 0 radical (unpaired) electrons. The van der Waals surface area contributed by atoms with Crippen molar-refractivity contribution in [3.8, 4) is 0 Å². The minimum absolute atomic E-state index is 0.0547. The number of carbonyl (C=O) groups excluding carboxylic acids is 2. The minimum Gasteiger partial charge on any atom is -0.465 e. The van der Waals surface area contributed by atoms with Gasteiger partial charge in [-0.1, -0.05) is 214 Å². The van der Waals surface area contributed by atoms with Crippen LogP contribution in [0.4, 0.5) is 0 Å². The number of amidine groups is 1. The highest BCUT2D eigenvalue weighted by atomic mass is 16.5. The Kier molecular flexibility index (Phi) is 46.6. The Morgan fingerprint density at radius 1 is 0.460 bits per heavy atom. The molecule has 0 aromatic heterocycles. The van der Waals surface area contributed by atoms with Crippen molar-refractivity contribution in [2.24, 2.45) is 16.8 Å². The second kappa shape index (κ2) is 48.1. The van der Waals surface area contributed by atoms with Crippen molar-refractivity contribution in [3.63, 3.8) is 0 Å². The third-order valence-corrected chi connectivity index (χ3v) is 13.3. The fourth-order valence-electron chi connectivity index (χ4n) is 8.90. The van der Waals surface area contributed by atoms with Gasteiger partial charge < -0.3 is 19.3 Å². The molecule has 0 heterocycles. The van der Waals surface area contributed by atoms with Crippen LogP contribution in [0.15, 0.2) is 17.8 Å². The summed E-state index contributed by atoms with van der Waals surface area (Å²) in [7, 11) is 2.07. The zero-order valence-corrected chi connectivity index (χ0v) is 43.3. The van der Waals surface area contributed by atoms with Gasteiger partial charge in [0.15, 0.2) is 0 Å². The van der Waals surface area contributed by atoms with Gasteiger partial charge in [-0.15, -0.1) is 0 Å². The maximum Gasteiger partial charge on any atom is 0.305 e. The fraction of sp³-hybridized carbons (Fsp3) is 0.911. The Morgan fingerprint density at radius 2 is 0.762 bits per heavy atom. The molecule has 0 N–H and O–H groups in total. The number of esters is 2. The van der Waals surface area contributed by atoms with Crippen molar-refractivity contribution in [3.05, 3.63) is 12.8 Å². The predicted molar refractivity (Wildman–Crippen MR) is 275 cm³/mol. The lowest BCUT2D eigenvalue weighted by Gasteiger charge is -2.24. The molecule has 0 aromatic rings. The predicted octanol–water partition coefficient (Wildman–Crippen LogP) is 16.6. The Morgan fingerprint density at radius 3 is 1.08 bits per heavy atom. The standard InChI is InChI=1S/C56H109N3O4/c1-8-13-17-21-25-27-31-35-42-53(40-33-29-23-19-15-10-3)50-62-55(60)44-37-47-59(49-39-46-58(7)52(6)57-12-5)48-38-45-56(61)63-51-54(41-34-30-24-20-16-11-4)43-36-32-28-26-22-18-14-9-2/h12,53-54H,5,8-11,13-51H2,1-4,6-7H3/b57-52-. The summed E-state index contributed by atoms with van der Waals surface area (Å²) in [5.74, 6) is 1.81. The average molecular weight is 889 g/mol. The zero-order chi connectivity index (χ0) is 46.3. The first-order valence-corrected chi connectivity index (χ1v) is 27.7. The molecule has 0 bridgehead atoms. The molecular weight excluding hydrogens is 779 g/mol. The lowest BCUT2D eigenvalue weighted by Crippen LogP contribution is -2.32. The number of unbranched alkanes of at least 4 members (excludes halogenated alkanes) is 24. The van der Waals surface area contributed by atoms with Crippen molar-refractivity contribution < 1.29 is 19.1 Å². The summed E-state index contributed by atoms with van der Waals surface area (Å²) >= 11 is 0. The van der Waals surface area contributed by atoms with Crippen LogP contribution < -0.4 is 0 Å². The van der Waals surface area contributed by atoms with Gasteiger partial charge in [-0.2, -0.15) is 0 Å². The van der Waals surface area contributed by atoms with E-state index in [0.29, 0.717) is 37.9 Å². The summed E-state index contributed by atoms with van der Waals surface area (Å²) in [6.07, 6.45) is 46.7. The van der Waals surface area contributed by atoms with Crippen LogP contribution in [0.25, 0.3) is 0 Å². The Bertz CT molecular complexity index is 972. The van der Waals surface area contributed by atoms with Crippen molar-refractivity contribution >= 4 is 17.8 Å². The summed E-state index contributed by atoms with van der Waals surface area (Å²) in [6, 6.07) is 0. The molecule has 0 aliphatic rings. The van der Waals surface area contributed by atoms with E-state index < -0.39 is 0 Å². The molecule has 2 atom stereocenters. The molecule has 0 aliphatic carbocycles. The van der Waals surface area contributed by atoms with Gasteiger partial charge in [0.1, 0.15) is 5.84 Å². The van der Waals surface area contributed by atoms with Crippen LogP contribution in [0.5, 0.6) is 0 Å². The summed E-state index contributed by atoms with van der Waals surface area (Å²) in [4.78, 5) is 35.1. The lowest BCUT2D eigenvalue weighted by atomic mass is 9.94. The van der Waals surface area contributed by atoms with Gasteiger partial charge >= 0.3 is 11.9 Å². The zero-order valence-electron chi connectivity index (χ0n) is 43.3. The topological polar surface area (TPSA) is 71.4 Å². The monoisotopic (exact) mass is 888 g/mol. The van der Waals surface area contributed by atoms with Crippen LogP contribution in [0.3, 0.4) is 0 Å². The van der Waals surface area contributed by atoms with Crippen molar-refractivity contribution in [1.82, 2.24) is 9.80 Å². The van der Waals surface area contributed by atoms with E-state index in [4.69, 9.17) is 9.47 Å². The van der Waals surface area contributed by atoms with E-state index >= 15 is 0 Å². The van der Waals surface area contributed by atoms with E-state index in [-0.39, 0.29) is 11.9 Å². The van der Waals surface area contributed by atoms with Gasteiger partial charge in [-0.05, 0) is 83.3 Å². The number of carbonyl (C=O) groups is 2. The molecule has 0 aliphatic heterocycles. The number of ether oxygens (including phenoxy) is 2. The normalized spacial score (nSPS) is 12.8. The van der Waals surface area contributed by atoms with Crippen molar-refractivity contribution in [1.29, 1.82) is 0 Å². The van der Waals surface area contributed by atoms with Gasteiger partial charge in [0, 0.05) is 32.6 Å². The van der Waals surface area contributed by atoms with E-state index in [0.717, 1.165) is 51.3 Å². The van der Waals surface area contributed by atoms with Crippen LogP contribution in [0, 0.1) is 11.8 Å². The van der Waals surface area contributed by atoms with Crippen LogP contribution in [0.1, 0.15) is 272 Å². The SMILES string of the molecule is C=C/N=C(/C)N(C)CCCN(CCCC(=O)OCC(CCCCCCCC)CCCCCCCCCC)CCCC(=O)OCC(CCCCCCCC)CCCCCCCCCC. The summed E-state index contributed by atoms with van der Waals surface area (Å²) in [5, 5.41) is 0. The highest BCUT2D eigenvalue weighted by molar-refractivity contribution is 5.79. The van der Waals surface area contributed by atoms with Crippen LogP contribution in [0.2, 0.25) is 0 Å². The van der Waals surface area contributed by atoms with E-state index in [2.05, 4.69) is 56.1 Å². The number of aliphatic imine (C=N–C) groups is 1. The number of rotatable bonds is 49. The first kappa shape index (κ1) is 61.1. The molecule has 7 heteroatoms. The quantitative estimate of drug-likeness (QED) is 0.0262. The highest BCUT2D eigenvalue weighted by Crippen LogP contribution is 2.22. The van der Waals surface area contributed by atoms with Crippen molar-refractivity contribution in [2.45, 2.75) is 272 Å². The molecular formula is C56H109N3O4. The molecule has 63 heavy (non-hydrogen) atoms. The smallest absolute Gasteiger partial charge is 0.305 e. The van der Waals surface area contributed by atoms with Gasteiger partial charge in [0.25, 0.3) is 0 Å². The van der Waals surface area contributed by atoms with Gasteiger partial charge in [-0.25, -0.2) is 4.99 Å². The van der Waals surface area contributed by atoms with Gasteiger partial charge in [-0.3, -0.25) is 9.59 Å². The first-order valence-electron chi connectivity index (χ1n) is 27.7. The molecule has 0 aromatic carbocycles. The Hall–Kier alpha value is -1.89. The third kappa shape index (κ3) is 42.5.